The van der Waals surface area contributed by atoms with Crippen LogP contribution in [0.3, 0.4) is 0 Å². The molecule has 2 aromatic carbocycles. The minimum Gasteiger partial charge on any atom is -0.491 e. The number of unbranched alkanes of at least 4 members (excludes halogenated alkanes) is 1. The van der Waals surface area contributed by atoms with Crippen LogP contribution in [-0.2, 0) is 23.7 Å². The van der Waals surface area contributed by atoms with E-state index >= 15 is 0 Å². The van der Waals surface area contributed by atoms with Crippen LogP contribution in [-0.4, -0.2) is 84.9 Å². The number of carbonyl (C=O) groups excluding carboxylic acids is 2. The average Bonchev–Trinajstić information content (AvgIpc) is 2.93. The van der Waals surface area contributed by atoms with E-state index in [4.69, 9.17) is 28.4 Å². The van der Waals surface area contributed by atoms with Crippen molar-refractivity contribution < 1.29 is 38.0 Å². The van der Waals surface area contributed by atoms with E-state index in [1.165, 1.54) is 0 Å². The second kappa shape index (κ2) is 20.1. The number of nitrogens with one attached hydrogen (secondary N) is 1. The Hall–Kier alpha value is -2.98. The summed E-state index contributed by atoms with van der Waals surface area (Å²) in [5.74, 6) is 0.336. The maximum absolute atomic E-state index is 12.1. The number of anilines is 1. The number of rotatable bonds is 22. The predicted octanol–water partition coefficient (Wildman–Crippen LogP) is 4.01. The first kappa shape index (κ1) is 30.2. The highest BCUT2D eigenvalue weighted by Gasteiger charge is 2.06. The minimum absolute atomic E-state index is 0.190. The molecule has 0 saturated carbocycles. The molecule has 0 amide bonds. The maximum Gasteiger partial charge on any atom is 0.338 e. The third kappa shape index (κ3) is 14.4. The molecule has 0 fully saturated rings. The molecule has 2 aromatic rings. The van der Waals surface area contributed by atoms with E-state index in [1.807, 2.05) is 12.1 Å². The lowest BCUT2D eigenvalue weighted by Crippen LogP contribution is -2.15. The van der Waals surface area contributed by atoms with E-state index < -0.39 is 0 Å². The zero-order chi connectivity index (χ0) is 26.4. The highest BCUT2D eigenvalue weighted by molar-refractivity contribution is 5.89. The Bertz CT molecular complexity index is 857. The monoisotopic (exact) mass is 517 g/mol. The normalized spacial score (nSPS) is 10.7. The molecule has 0 atom stereocenters. The van der Waals surface area contributed by atoms with Crippen LogP contribution in [0.15, 0.2) is 48.5 Å². The molecule has 0 bridgehead atoms. The second-order valence-electron chi connectivity index (χ2n) is 7.98. The van der Waals surface area contributed by atoms with Gasteiger partial charge in [0.1, 0.15) is 25.2 Å². The minimum atomic E-state index is -0.362. The molecule has 2 rings (SSSR count). The van der Waals surface area contributed by atoms with Gasteiger partial charge in [-0.15, -0.1) is 0 Å². The van der Waals surface area contributed by atoms with E-state index in [0.29, 0.717) is 76.3 Å². The molecule has 0 spiro atoms. The quantitative estimate of drug-likeness (QED) is 0.141. The van der Waals surface area contributed by atoms with Crippen molar-refractivity contribution >= 4 is 17.9 Å². The van der Waals surface area contributed by atoms with Crippen LogP contribution >= 0.6 is 0 Å². The van der Waals surface area contributed by atoms with Crippen molar-refractivity contribution in [2.75, 3.05) is 77.9 Å². The van der Waals surface area contributed by atoms with Gasteiger partial charge in [0.2, 0.25) is 0 Å². The van der Waals surface area contributed by atoms with Gasteiger partial charge in [-0.3, -0.25) is 4.79 Å². The Labute approximate surface area is 219 Å². The number of hydrogen-bond acceptors (Lipinski definition) is 9. The fourth-order valence-electron chi connectivity index (χ4n) is 3.03. The highest BCUT2D eigenvalue weighted by atomic mass is 16.6. The lowest BCUT2D eigenvalue weighted by molar-refractivity contribution is -0.0107. The van der Waals surface area contributed by atoms with Gasteiger partial charge >= 0.3 is 5.97 Å². The van der Waals surface area contributed by atoms with Crippen LogP contribution in [0, 0.1) is 0 Å². The summed E-state index contributed by atoms with van der Waals surface area (Å²) in [7, 11) is 0. The molecular formula is C28H39NO8. The summed E-state index contributed by atoms with van der Waals surface area (Å²) in [4.78, 5) is 22.7. The Kier molecular flexibility index (Phi) is 16.4. The molecule has 9 nitrogen and oxygen atoms in total. The smallest absolute Gasteiger partial charge is 0.338 e. The number of aldehydes is 1. The highest BCUT2D eigenvalue weighted by Crippen LogP contribution is 2.11. The summed E-state index contributed by atoms with van der Waals surface area (Å²) in [6.07, 6.45) is 3.04. The fraction of sp³-hybridized carbons (Fsp3) is 0.500. The number of esters is 1. The first-order valence-electron chi connectivity index (χ1n) is 12.7. The summed E-state index contributed by atoms with van der Waals surface area (Å²) in [6, 6.07) is 14.2. The van der Waals surface area contributed by atoms with Gasteiger partial charge in [-0.25, -0.2) is 4.79 Å². The molecule has 37 heavy (non-hydrogen) atoms. The second-order valence-corrected chi connectivity index (χ2v) is 7.98. The van der Waals surface area contributed by atoms with Crippen molar-refractivity contribution in [1.29, 1.82) is 0 Å². The van der Waals surface area contributed by atoms with Gasteiger partial charge in [0.05, 0.1) is 58.4 Å². The van der Waals surface area contributed by atoms with E-state index in [-0.39, 0.29) is 12.6 Å². The standard InChI is InChI=1S/C28H39NO8/c1-2-3-12-29-26-8-6-25(7-9-26)28(31)37-22-20-35-18-16-33-14-13-32-15-17-34-19-21-36-27-10-4-24(23-30)5-11-27/h4-11,23,29H,2-3,12-22H2,1H3. The summed E-state index contributed by atoms with van der Waals surface area (Å²) in [5.41, 5.74) is 2.13. The summed E-state index contributed by atoms with van der Waals surface area (Å²) in [6.45, 7) is 7.15. The number of ether oxygens (including phenoxy) is 6. The number of carbonyl (C=O) groups is 2. The Morgan fingerprint density at radius 1 is 0.730 bits per heavy atom. The van der Waals surface area contributed by atoms with Gasteiger partial charge in [-0.05, 0) is 55.0 Å². The molecule has 204 valence electrons. The zero-order valence-corrected chi connectivity index (χ0v) is 21.7. The van der Waals surface area contributed by atoms with Crippen LogP contribution in [0.4, 0.5) is 5.69 Å². The summed E-state index contributed by atoms with van der Waals surface area (Å²) < 4.78 is 32.5. The molecule has 0 aliphatic rings. The molecule has 0 aliphatic carbocycles. The van der Waals surface area contributed by atoms with E-state index in [1.54, 1.807) is 36.4 Å². The molecule has 0 saturated heterocycles. The molecule has 0 unspecified atom stereocenters. The van der Waals surface area contributed by atoms with E-state index in [2.05, 4.69) is 12.2 Å². The van der Waals surface area contributed by atoms with Crippen molar-refractivity contribution in [3.05, 3.63) is 59.7 Å². The van der Waals surface area contributed by atoms with Gasteiger partial charge < -0.3 is 33.7 Å². The molecule has 0 aromatic heterocycles. The van der Waals surface area contributed by atoms with Gasteiger partial charge in [-0.2, -0.15) is 0 Å². The summed E-state index contributed by atoms with van der Waals surface area (Å²) in [5, 5.41) is 3.31. The SMILES string of the molecule is CCCCNc1ccc(C(=O)OCCOCCOCCOCCOCCOc2ccc(C=O)cc2)cc1. The number of hydrogen-bond donors (Lipinski definition) is 1. The third-order valence-electron chi connectivity index (χ3n) is 5.07. The molecular weight excluding hydrogens is 478 g/mol. The third-order valence-corrected chi connectivity index (χ3v) is 5.07. The first-order valence-corrected chi connectivity index (χ1v) is 12.7. The van der Waals surface area contributed by atoms with Crippen molar-refractivity contribution in [3.8, 4) is 5.75 Å². The Morgan fingerprint density at radius 3 is 1.81 bits per heavy atom. The van der Waals surface area contributed by atoms with Gasteiger partial charge in [-0.1, -0.05) is 13.3 Å². The van der Waals surface area contributed by atoms with Crippen LogP contribution in [0.1, 0.15) is 40.5 Å². The maximum atomic E-state index is 12.1. The molecule has 0 aliphatic heterocycles. The molecule has 9 heteroatoms. The van der Waals surface area contributed by atoms with E-state index in [9.17, 15) is 9.59 Å². The van der Waals surface area contributed by atoms with Crippen molar-refractivity contribution in [2.24, 2.45) is 0 Å². The van der Waals surface area contributed by atoms with Crippen molar-refractivity contribution in [2.45, 2.75) is 19.8 Å². The zero-order valence-electron chi connectivity index (χ0n) is 21.7. The average molecular weight is 518 g/mol. The van der Waals surface area contributed by atoms with Gasteiger partial charge in [0, 0.05) is 17.8 Å². The fourth-order valence-corrected chi connectivity index (χ4v) is 3.03. The van der Waals surface area contributed by atoms with E-state index in [0.717, 1.165) is 31.4 Å². The number of benzene rings is 2. The van der Waals surface area contributed by atoms with Crippen LogP contribution in [0.25, 0.3) is 0 Å². The molecule has 0 heterocycles. The van der Waals surface area contributed by atoms with Crippen LogP contribution in [0.5, 0.6) is 5.75 Å². The van der Waals surface area contributed by atoms with Crippen molar-refractivity contribution in [1.82, 2.24) is 0 Å². The van der Waals surface area contributed by atoms with Gasteiger partial charge in [0.15, 0.2) is 0 Å². The van der Waals surface area contributed by atoms with Crippen LogP contribution < -0.4 is 10.1 Å². The molecule has 0 radical (unpaired) electrons. The molecule has 1 N–H and O–H groups in total. The topological polar surface area (TPSA) is 102 Å². The Morgan fingerprint density at radius 2 is 1.27 bits per heavy atom. The lowest BCUT2D eigenvalue weighted by Gasteiger charge is -2.09. The largest absolute Gasteiger partial charge is 0.491 e. The first-order chi connectivity index (χ1) is 18.2. The Balaban J connectivity index is 1.33. The van der Waals surface area contributed by atoms with Gasteiger partial charge in [0.25, 0.3) is 0 Å². The summed E-state index contributed by atoms with van der Waals surface area (Å²) >= 11 is 0. The van der Waals surface area contributed by atoms with Crippen molar-refractivity contribution in [3.63, 3.8) is 0 Å². The lowest BCUT2D eigenvalue weighted by atomic mass is 10.2. The van der Waals surface area contributed by atoms with Crippen LogP contribution in [0.2, 0.25) is 0 Å². The predicted molar refractivity (Wildman–Crippen MR) is 141 cm³/mol.